The number of amides is 1. The maximum absolute atomic E-state index is 12.4. The Bertz CT molecular complexity index is 926. The van der Waals surface area contributed by atoms with Gasteiger partial charge in [-0.25, -0.2) is 0 Å². The quantitative estimate of drug-likeness (QED) is 0.629. The van der Waals surface area contributed by atoms with Gasteiger partial charge >= 0.3 is 0 Å². The first-order chi connectivity index (χ1) is 13.1. The van der Waals surface area contributed by atoms with Crippen molar-refractivity contribution in [3.05, 3.63) is 54.1 Å². The first kappa shape index (κ1) is 18.9. The Balaban J connectivity index is 1.70. The zero-order valence-corrected chi connectivity index (χ0v) is 16.2. The molecule has 0 bridgehead atoms. The van der Waals surface area contributed by atoms with E-state index in [0.717, 1.165) is 16.9 Å². The molecule has 1 N–H and O–H groups in total. The number of carbonyl (C=O) groups is 1. The number of benzene rings is 2. The number of rotatable bonds is 7. The summed E-state index contributed by atoms with van der Waals surface area (Å²) < 4.78 is 6.93. The summed E-state index contributed by atoms with van der Waals surface area (Å²) in [6.45, 7) is 4.20. The third-order valence-electron chi connectivity index (χ3n) is 3.94. The van der Waals surface area contributed by atoms with Crippen LogP contribution in [0.15, 0.2) is 53.7 Å². The van der Waals surface area contributed by atoms with E-state index in [1.807, 2.05) is 48.5 Å². The number of aromatic nitrogens is 4. The van der Waals surface area contributed by atoms with Crippen molar-refractivity contribution in [2.45, 2.75) is 24.9 Å². The number of thioether (sulfide) groups is 1. The number of hydrogen-bond acceptors (Lipinski definition) is 6. The monoisotopic (exact) mass is 383 g/mol. The highest BCUT2D eigenvalue weighted by atomic mass is 32.2. The number of hydrogen-bond donors (Lipinski definition) is 1. The van der Waals surface area contributed by atoms with Gasteiger partial charge in [-0.15, -0.1) is 5.10 Å². The van der Waals surface area contributed by atoms with Crippen LogP contribution < -0.4 is 10.1 Å². The molecule has 0 aliphatic carbocycles. The van der Waals surface area contributed by atoms with Gasteiger partial charge in [0.05, 0.1) is 12.9 Å². The van der Waals surface area contributed by atoms with Crippen molar-refractivity contribution in [1.82, 2.24) is 20.2 Å². The van der Waals surface area contributed by atoms with Gasteiger partial charge in [0.15, 0.2) is 0 Å². The summed E-state index contributed by atoms with van der Waals surface area (Å²) in [5.74, 6) is 1.07. The molecule has 7 nitrogen and oxygen atoms in total. The van der Waals surface area contributed by atoms with Crippen LogP contribution in [0.2, 0.25) is 0 Å². The van der Waals surface area contributed by atoms with E-state index >= 15 is 0 Å². The van der Waals surface area contributed by atoms with Gasteiger partial charge in [-0.1, -0.05) is 55.9 Å². The molecule has 8 heteroatoms. The fraction of sp³-hybridized carbons (Fsp3) is 0.263. The predicted octanol–water partition coefficient (Wildman–Crippen LogP) is 3.53. The minimum atomic E-state index is -0.109. The highest BCUT2D eigenvalue weighted by molar-refractivity contribution is 7.99. The Morgan fingerprint density at radius 1 is 1.19 bits per heavy atom. The van der Waals surface area contributed by atoms with Crippen molar-refractivity contribution in [2.75, 3.05) is 18.2 Å². The van der Waals surface area contributed by atoms with E-state index < -0.39 is 0 Å². The van der Waals surface area contributed by atoms with Gasteiger partial charge in [0.1, 0.15) is 11.4 Å². The Morgan fingerprint density at radius 2 is 1.93 bits per heavy atom. The van der Waals surface area contributed by atoms with Crippen molar-refractivity contribution >= 4 is 23.4 Å². The van der Waals surface area contributed by atoms with Crippen LogP contribution in [0, 0.1) is 0 Å². The van der Waals surface area contributed by atoms with E-state index in [1.165, 1.54) is 11.8 Å². The number of nitrogens with one attached hydrogen (secondary N) is 1. The van der Waals surface area contributed by atoms with Gasteiger partial charge in [-0.3, -0.25) is 4.79 Å². The highest BCUT2D eigenvalue weighted by Gasteiger charge is 2.15. The average molecular weight is 383 g/mol. The molecule has 2 aromatic carbocycles. The van der Waals surface area contributed by atoms with Crippen LogP contribution in [0.25, 0.3) is 5.69 Å². The Labute approximate surface area is 162 Å². The number of methoxy groups -OCH3 is 1. The molecular weight excluding hydrogens is 362 g/mol. The SMILES string of the molecule is COc1ccccc1-n1nnnc1SCC(=O)Nc1ccccc1C(C)C. The molecule has 0 saturated heterocycles. The molecule has 0 fully saturated rings. The Hall–Kier alpha value is -2.87. The summed E-state index contributed by atoms with van der Waals surface area (Å²) in [6, 6.07) is 15.3. The van der Waals surface area contributed by atoms with Gasteiger partial charge < -0.3 is 10.1 Å². The normalized spacial score (nSPS) is 10.8. The molecule has 3 rings (SSSR count). The summed E-state index contributed by atoms with van der Waals surface area (Å²) in [7, 11) is 1.59. The Morgan fingerprint density at radius 3 is 2.70 bits per heavy atom. The number of tetrazole rings is 1. The largest absolute Gasteiger partial charge is 0.494 e. The summed E-state index contributed by atoms with van der Waals surface area (Å²) in [6.07, 6.45) is 0. The Kier molecular flexibility index (Phi) is 6.08. The maximum Gasteiger partial charge on any atom is 0.234 e. The number of anilines is 1. The molecule has 0 saturated carbocycles. The molecular formula is C19H21N5O2S. The van der Waals surface area contributed by atoms with Crippen LogP contribution in [0.5, 0.6) is 5.75 Å². The molecule has 1 amide bonds. The van der Waals surface area contributed by atoms with Gasteiger partial charge in [0.25, 0.3) is 0 Å². The number of nitrogens with zero attached hydrogens (tertiary/aromatic N) is 4. The predicted molar refractivity (Wildman–Crippen MR) is 106 cm³/mol. The lowest BCUT2D eigenvalue weighted by Gasteiger charge is -2.13. The van der Waals surface area contributed by atoms with Crippen LogP contribution in [0.4, 0.5) is 5.69 Å². The lowest BCUT2D eigenvalue weighted by molar-refractivity contribution is -0.113. The second-order valence-corrected chi connectivity index (χ2v) is 7.07. The van der Waals surface area contributed by atoms with E-state index in [-0.39, 0.29) is 11.7 Å². The van der Waals surface area contributed by atoms with Crippen LogP contribution in [-0.4, -0.2) is 39.0 Å². The summed E-state index contributed by atoms with van der Waals surface area (Å²) in [5, 5.41) is 15.3. The maximum atomic E-state index is 12.4. The van der Waals surface area contributed by atoms with Gasteiger partial charge in [-0.2, -0.15) is 4.68 Å². The molecule has 140 valence electrons. The second-order valence-electron chi connectivity index (χ2n) is 6.12. The van der Waals surface area contributed by atoms with Crippen LogP contribution in [-0.2, 0) is 4.79 Å². The van der Waals surface area contributed by atoms with Crippen LogP contribution in [0.1, 0.15) is 25.3 Å². The minimum absolute atomic E-state index is 0.109. The van der Waals surface area contributed by atoms with Gasteiger partial charge in [0, 0.05) is 5.69 Å². The lowest BCUT2D eigenvalue weighted by Crippen LogP contribution is -2.16. The topological polar surface area (TPSA) is 81.9 Å². The highest BCUT2D eigenvalue weighted by Crippen LogP contribution is 2.26. The van der Waals surface area contributed by atoms with Crippen molar-refractivity contribution in [3.63, 3.8) is 0 Å². The molecule has 0 aliphatic heterocycles. The first-order valence-electron chi connectivity index (χ1n) is 8.53. The zero-order valence-electron chi connectivity index (χ0n) is 15.4. The van der Waals surface area contributed by atoms with E-state index in [9.17, 15) is 4.79 Å². The van der Waals surface area contributed by atoms with E-state index in [0.29, 0.717) is 16.8 Å². The third-order valence-corrected chi connectivity index (χ3v) is 4.86. The summed E-state index contributed by atoms with van der Waals surface area (Å²) in [4.78, 5) is 12.4. The first-order valence-corrected chi connectivity index (χ1v) is 9.52. The molecule has 0 spiro atoms. The van der Waals surface area contributed by atoms with Crippen molar-refractivity contribution in [1.29, 1.82) is 0 Å². The summed E-state index contributed by atoms with van der Waals surface area (Å²) in [5.41, 5.74) is 2.66. The molecule has 1 heterocycles. The molecule has 1 aromatic heterocycles. The van der Waals surface area contributed by atoms with Gasteiger partial charge in [0.2, 0.25) is 11.1 Å². The van der Waals surface area contributed by atoms with E-state index in [2.05, 4.69) is 34.7 Å². The van der Waals surface area contributed by atoms with Crippen molar-refractivity contribution < 1.29 is 9.53 Å². The minimum Gasteiger partial charge on any atom is -0.494 e. The molecule has 0 aliphatic rings. The van der Waals surface area contributed by atoms with E-state index in [4.69, 9.17) is 4.74 Å². The van der Waals surface area contributed by atoms with Gasteiger partial charge in [-0.05, 0) is 40.1 Å². The fourth-order valence-electron chi connectivity index (χ4n) is 2.66. The van der Waals surface area contributed by atoms with Crippen molar-refractivity contribution in [3.8, 4) is 11.4 Å². The molecule has 0 atom stereocenters. The molecule has 0 radical (unpaired) electrons. The van der Waals surface area contributed by atoms with Crippen LogP contribution in [0.3, 0.4) is 0 Å². The van der Waals surface area contributed by atoms with E-state index in [1.54, 1.807) is 11.8 Å². The summed E-state index contributed by atoms with van der Waals surface area (Å²) >= 11 is 1.27. The smallest absolute Gasteiger partial charge is 0.234 e. The number of para-hydroxylation sites is 3. The number of ether oxygens (including phenoxy) is 1. The fourth-order valence-corrected chi connectivity index (χ4v) is 3.34. The van der Waals surface area contributed by atoms with Crippen LogP contribution >= 0.6 is 11.8 Å². The van der Waals surface area contributed by atoms with Crippen molar-refractivity contribution in [2.24, 2.45) is 0 Å². The third kappa shape index (κ3) is 4.46. The average Bonchev–Trinajstić information content (AvgIpc) is 3.15. The molecule has 3 aromatic rings. The number of carbonyl (C=O) groups excluding carboxylic acids is 1. The lowest BCUT2D eigenvalue weighted by atomic mass is 10.0. The second kappa shape index (κ2) is 8.68. The molecule has 27 heavy (non-hydrogen) atoms. The molecule has 0 unspecified atom stereocenters. The zero-order chi connectivity index (χ0) is 19.2. The standard InChI is InChI=1S/C19H21N5O2S/c1-13(2)14-8-4-5-9-15(14)20-18(25)12-27-19-21-22-23-24(19)16-10-6-7-11-17(16)26-3/h4-11,13H,12H2,1-3H3,(H,20,25).